The van der Waals surface area contributed by atoms with E-state index in [4.69, 9.17) is 0 Å². The maximum atomic E-state index is 11.6. The highest BCUT2D eigenvalue weighted by Gasteiger charge is 2.31. The molecular formula is C9H7BrN2O3. The van der Waals surface area contributed by atoms with Gasteiger partial charge >= 0.3 is 0 Å². The number of nitro benzene ring substituents is 1. The number of hydrogen-bond donors (Lipinski definition) is 0. The molecule has 1 aliphatic rings. The van der Waals surface area contributed by atoms with Crippen LogP contribution in [0.15, 0.2) is 16.6 Å². The van der Waals surface area contributed by atoms with Crippen molar-refractivity contribution in [1.82, 2.24) is 4.90 Å². The molecule has 0 atom stereocenters. The van der Waals surface area contributed by atoms with Gasteiger partial charge in [0.1, 0.15) is 0 Å². The minimum absolute atomic E-state index is 0.00271. The Hall–Kier alpha value is -1.43. The Morgan fingerprint density at radius 2 is 2.20 bits per heavy atom. The second-order valence-corrected chi connectivity index (χ2v) is 4.29. The summed E-state index contributed by atoms with van der Waals surface area (Å²) in [5, 5.41) is 10.8. The van der Waals surface area contributed by atoms with E-state index in [9.17, 15) is 14.9 Å². The molecule has 2 rings (SSSR count). The Bertz CT molecular complexity index is 473. The minimum Gasteiger partial charge on any atom is -0.337 e. The van der Waals surface area contributed by atoms with E-state index in [2.05, 4.69) is 15.9 Å². The SMILES string of the molecule is CN1Cc2c(cc(Br)cc2[N+](=O)[O-])C1=O. The monoisotopic (exact) mass is 270 g/mol. The Morgan fingerprint density at radius 3 is 2.80 bits per heavy atom. The summed E-state index contributed by atoms with van der Waals surface area (Å²) in [6.45, 7) is 0.303. The molecule has 0 aromatic heterocycles. The van der Waals surface area contributed by atoms with Crippen LogP contribution in [-0.2, 0) is 6.54 Å². The molecule has 15 heavy (non-hydrogen) atoms. The Kier molecular flexibility index (Phi) is 2.22. The Balaban J connectivity index is 2.67. The van der Waals surface area contributed by atoms with Gasteiger partial charge in [-0.1, -0.05) is 15.9 Å². The second kappa shape index (κ2) is 3.30. The quantitative estimate of drug-likeness (QED) is 0.579. The zero-order valence-corrected chi connectivity index (χ0v) is 9.44. The smallest absolute Gasteiger partial charge is 0.276 e. The van der Waals surface area contributed by atoms with Gasteiger partial charge in [0.15, 0.2) is 0 Å². The summed E-state index contributed by atoms with van der Waals surface area (Å²) in [6.07, 6.45) is 0. The van der Waals surface area contributed by atoms with E-state index in [1.54, 1.807) is 13.1 Å². The molecule has 5 nitrogen and oxygen atoms in total. The molecule has 0 saturated heterocycles. The van der Waals surface area contributed by atoms with Crippen molar-refractivity contribution in [3.8, 4) is 0 Å². The van der Waals surface area contributed by atoms with Gasteiger partial charge in [-0.05, 0) is 6.07 Å². The van der Waals surface area contributed by atoms with E-state index >= 15 is 0 Å². The summed E-state index contributed by atoms with van der Waals surface area (Å²) in [5.74, 6) is -0.172. The summed E-state index contributed by atoms with van der Waals surface area (Å²) in [6, 6.07) is 3.04. The van der Waals surface area contributed by atoms with Crippen molar-refractivity contribution >= 4 is 27.5 Å². The first-order valence-electron chi connectivity index (χ1n) is 4.23. The molecule has 1 heterocycles. The van der Waals surface area contributed by atoms with Gasteiger partial charge in [0.05, 0.1) is 22.6 Å². The predicted octanol–water partition coefficient (Wildman–Crippen LogP) is 1.94. The molecule has 0 N–H and O–H groups in total. The maximum Gasteiger partial charge on any atom is 0.276 e. The molecule has 0 spiro atoms. The highest BCUT2D eigenvalue weighted by atomic mass is 79.9. The molecule has 0 radical (unpaired) electrons. The number of carbonyl (C=O) groups is 1. The molecule has 0 bridgehead atoms. The fourth-order valence-electron chi connectivity index (χ4n) is 1.66. The predicted molar refractivity (Wildman–Crippen MR) is 56.6 cm³/mol. The number of rotatable bonds is 1. The first kappa shape index (κ1) is 10.1. The third kappa shape index (κ3) is 1.50. The molecule has 1 aliphatic heterocycles. The first-order chi connectivity index (χ1) is 7.00. The van der Waals surface area contributed by atoms with Gasteiger partial charge in [0, 0.05) is 17.6 Å². The van der Waals surface area contributed by atoms with Crippen molar-refractivity contribution in [1.29, 1.82) is 0 Å². The van der Waals surface area contributed by atoms with Crippen LogP contribution in [0.3, 0.4) is 0 Å². The van der Waals surface area contributed by atoms with Crippen LogP contribution in [0.2, 0.25) is 0 Å². The normalized spacial score (nSPS) is 14.3. The molecule has 1 aromatic rings. The van der Waals surface area contributed by atoms with Crippen molar-refractivity contribution in [2.24, 2.45) is 0 Å². The van der Waals surface area contributed by atoms with Crippen LogP contribution in [0.25, 0.3) is 0 Å². The van der Waals surface area contributed by atoms with E-state index in [0.717, 1.165) is 0 Å². The van der Waals surface area contributed by atoms with E-state index < -0.39 is 4.92 Å². The van der Waals surface area contributed by atoms with Gasteiger partial charge in [-0.15, -0.1) is 0 Å². The number of fused-ring (bicyclic) bond motifs is 1. The highest BCUT2D eigenvalue weighted by molar-refractivity contribution is 9.10. The van der Waals surface area contributed by atoms with Gasteiger partial charge in [-0.3, -0.25) is 14.9 Å². The fraction of sp³-hybridized carbons (Fsp3) is 0.222. The number of nitro groups is 1. The molecule has 1 amide bonds. The first-order valence-corrected chi connectivity index (χ1v) is 5.02. The van der Waals surface area contributed by atoms with Crippen LogP contribution < -0.4 is 0 Å². The number of nitrogens with zero attached hydrogens (tertiary/aromatic N) is 2. The van der Waals surface area contributed by atoms with E-state index in [-0.39, 0.29) is 11.6 Å². The van der Waals surface area contributed by atoms with Gasteiger partial charge in [0.25, 0.3) is 11.6 Å². The summed E-state index contributed by atoms with van der Waals surface area (Å²) in [5.41, 5.74) is 0.909. The van der Waals surface area contributed by atoms with Crippen LogP contribution in [0, 0.1) is 10.1 Å². The zero-order chi connectivity index (χ0) is 11.2. The zero-order valence-electron chi connectivity index (χ0n) is 7.86. The molecule has 0 aliphatic carbocycles. The molecule has 0 fully saturated rings. The Morgan fingerprint density at radius 1 is 1.53 bits per heavy atom. The van der Waals surface area contributed by atoms with Gasteiger partial charge in [-0.25, -0.2) is 0 Å². The van der Waals surface area contributed by atoms with Crippen LogP contribution in [0.4, 0.5) is 5.69 Å². The average Bonchev–Trinajstić information content (AvgIpc) is 2.43. The number of hydrogen-bond acceptors (Lipinski definition) is 3. The topological polar surface area (TPSA) is 63.4 Å². The number of amides is 1. The third-order valence-electron chi connectivity index (χ3n) is 2.36. The molecule has 6 heteroatoms. The maximum absolute atomic E-state index is 11.6. The van der Waals surface area contributed by atoms with Crippen molar-refractivity contribution in [3.05, 3.63) is 37.8 Å². The molecule has 0 saturated carbocycles. The van der Waals surface area contributed by atoms with Crippen molar-refractivity contribution < 1.29 is 9.72 Å². The van der Waals surface area contributed by atoms with Crippen molar-refractivity contribution in [3.63, 3.8) is 0 Å². The Labute approximate surface area is 94.0 Å². The van der Waals surface area contributed by atoms with Crippen LogP contribution in [-0.4, -0.2) is 22.8 Å². The lowest BCUT2D eigenvalue weighted by Crippen LogP contribution is -2.17. The molecule has 0 unspecified atom stereocenters. The van der Waals surface area contributed by atoms with E-state index in [1.807, 2.05) is 0 Å². The fourth-order valence-corrected chi connectivity index (χ4v) is 2.10. The summed E-state index contributed by atoms with van der Waals surface area (Å²) in [4.78, 5) is 23.4. The molecule has 1 aromatic carbocycles. The van der Waals surface area contributed by atoms with Crippen LogP contribution in [0.5, 0.6) is 0 Å². The largest absolute Gasteiger partial charge is 0.337 e. The van der Waals surface area contributed by atoms with Gasteiger partial charge in [0.2, 0.25) is 0 Å². The van der Waals surface area contributed by atoms with E-state index in [1.165, 1.54) is 11.0 Å². The summed E-state index contributed by atoms with van der Waals surface area (Å²) < 4.78 is 0.552. The highest BCUT2D eigenvalue weighted by Crippen LogP contribution is 2.33. The summed E-state index contributed by atoms with van der Waals surface area (Å²) in [7, 11) is 1.62. The number of carbonyl (C=O) groups excluding carboxylic acids is 1. The third-order valence-corrected chi connectivity index (χ3v) is 2.82. The molecule has 78 valence electrons. The lowest BCUT2D eigenvalue weighted by molar-refractivity contribution is -0.385. The second-order valence-electron chi connectivity index (χ2n) is 3.37. The van der Waals surface area contributed by atoms with Crippen LogP contribution in [0.1, 0.15) is 15.9 Å². The van der Waals surface area contributed by atoms with Crippen molar-refractivity contribution in [2.45, 2.75) is 6.54 Å². The van der Waals surface area contributed by atoms with Gasteiger partial charge < -0.3 is 4.90 Å². The average molecular weight is 271 g/mol. The molecular weight excluding hydrogens is 264 g/mol. The standard InChI is InChI=1S/C9H7BrN2O3/c1-11-4-7-6(9(11)13)2-5(10)3-8(7)12(14)15/h2-3H,4H2,1H3. The van der Waals surface area contributed by atoms with E-state index in [0.29, 0.717) is 22.1 Å². The van der Waals surface area contributed by atoms with Crippen LogP contribution >= 0.6 is 15.9 Å². The number of benzene rings is 1. The van der Waals surface area contributed by atoms with Crippen molar-refractivity contribution in [2.75, 3.05) is 7.05 Å². The summed E-state index contributed by atoms with van der Waals surface area (Å²) >= 11 is 3.16. The van der Waals surface area contributed by atoms with Gasteiger partial charge in [-0.2, -0.15) is 0 Å². The lowest BCUT2D eigenvalue weighted by atomic mass is 10.1. The number of halogens is 1. The lowest BCUT2D eigenvalue weighted by Gasteiger charge is -2.04. The minimum atomic E-state index is -0.462.